The van der Waals surface area contributed by atoms with Gasteiger partial charge in [0.1, 0.15) is 0 Å². The Morgan fingerprint density at radius 1 is 1.00 bits per heavy atom. The smallest absolute Gasteiger partial charge is 0.339 e. The summed E-state index contributed by atoms with van der Waals surface area (Å²) in [4.78, 5) is 55.7. The predicted octanol–water partition coefficient (Wildman–Crippen LogP) is 0.412. The third-order valence-electron chi connectivity index (χ3n) is 6.24. The quantitative estimate of drug-likeness (QED) is 0.285. The number of amides is 3. The van der Waals surface area contributed by atoms with Gasteiger partial charge in [-0.15, -0.1) is 0 Å². The molecule has 0 saturated carbocycles. The number of primary amides is 1. The van der Waals surface area contributed by atoms with Crippen molar-refractivity contribution in [1.82, 2.24) is 20.0 Å². The summed E-state index contributed by atoms with van der Waals surface area (Å²) in [7, 11) is 7.67. The molecule has 0 aliphatic rings. The molecule has 0 saturated heterocycles. The molecule has 35 heavy (non-hydrogen) atoms. The minimum absolute atomic E-state index is 0.102. The highest BCUT2D eigenvalue weighted by molar-refractivity contribution is 6.09. The Balaban J connectivity index is 2.92. The minimum Gasteiger partial charge on any atom is -0.479 e. The van der Waals surface area contributed by atoms with Crippen molar-refractivity contribution in [1.29, 1.82) is 0 Å². The van der Waals surface area contributed by atoms with Gasteiger partial charge in [0, 0.05) is 45.6 Å². The number of carboxylic acid groups (broad SMARTS) is 1. The topological polar surface area (TPSA) is 136 Å². The maximum atomic E-state index is 13.2. The van der Waals surface area contributed by atoms with Gasteiger partial charge >= 0.3 is 5.97 Å². The summed E-state index contributed by atoms with van der Waals surface area (Å²) in [5, 5.41) is 11.9. The highest BCUT2D eigenvalue weighted by Gasteiger charge is 2.45. The molecule has 4 N–H and O–H groups in total. The van der Waals surface area contributed by atoms with Crippen molar-refractivity contribution in [2.24, 2.45) is 11.7 Å². The Morgan fingerprint density at radius 2 is 1.60 bits per heavy atom. The number of rotatable bonds is 16. The number of likely N-dealkylation sites (N-methyl/N-ethyl adjacent to an activating group) is 3. The molecule has 196 valence electrons. The van der Waals surface area contributed by atoms with E-state index in [-0.39, 0.29) is 18.7 Å². The number of aliphatic carboxylic acids is 1. The number of nitrogens with zero attached hydrogens (tertiary/aromatic N) is 3. The van der Waals surface area contributed by atoms with Crippen LogP contribution in [0.2, 0.25) is 0 Å². The van der Waals surface area contributed by atoms with Gasteiger partial charge in [-0.2, -0.15) is 0 Å². The van der Waals surface area contributed by atoms with Gasteiger partial charge in [-0.25, -0.2) is 4.79 Å². The molecule has 0 spiro atoms. The zero-order valence-corrected chi connectivity index (χ0v) is 21.6. The maximum absolute atomic E-state index is 13.2. The molecule has 10 heteroatoms. The molecule has 2 atom stereocenters. The molecule has 10 nitrogen and oxygen atoms in total. The summed E-state index contributed by atoms with van der Waals surface area (Å²) in [6.45, 7) is 4.39. The number of carbonyl (C=O) groups is 4. The summed E-state index contributed by atoms with van der Waals surface area (Å²) in [6.07, 6.45) is 0.527. The van der Waals surface area contributed by atoms with E-state index in [4.69, 9.17) is 5.73 Å². The van der Waals surface area contributed by atoms with E-state index >= 15 is 0 Å². The average Bonchev–Trinajstić information content (AvgIpc) is 2.81. The average molecular weight is 492 g/mol. The summed E-state index contributed by atoms with van der Waals surface area (Å²) in [6, 6.07) is 9.50. The van der Waals surface area contributed by atoms with Gasteiger partial charge in [0.05, 0.1) is 0 Å². The fourth-order valence-corrected chi connectivity index (χ4v) is 3.55. The number of aryl methyl sites for hydroxylation is 1. The van der Waals surface area contributed by atoms with Crippen LogP contribution in [0.1, 0.15) is 31.7 Å². The molecule has 0 radical (unpaired) electrons. The first kappa shape index (κ1) is 30.1. The molecule has 0 aliphatic carbocycles. The third kappa shape index (κ3) is 9.65. The van der Waals surface area contributed by atoms with Crippen LogP contribution in [0.15, 0.2) is 30.3 Å². The molecule has 1 aromatic carbocycles. The van der Waals surface area contributed by atoms with Crippen LogP contribution in [0.3, 0.4) is 0 Å². The lowest BCUT2D eigenvalue weighted by Gasteiger charge is -2.29. The number of benzene rings is 1. The number of carboxylic acids is 1. The molecular formula is C25H41N5O5. The van der Waals surface area contributed by atoms with E-state index in [1.165, 1.54) is 6.92 Å². The highest BCUT2D eigenvalue weighted by Crippen LogP contribution is 2.19. The fourth-order valence-electron chi connectivity index (χ4n) is 3.55. The zero-order valence-electron chi connectivity index (χ0n) is 21.6. The number of nitrogens with two attached hydrogens (primary N) is 1. The van der Waals surface area contributed by atoms with Gasteiger partial charge in [0.2, 0.25) is 17.4 Å². The first-order valence-corrected chi connectivity index (χ1v) is 11.9. The van der Waals surface area contributed by atoms with Crippen LogP contribution in [0.4, 0.5) is 0 Å². The lowest BCUT2D eigenvalue weighted by Crippen LogP contribution is -2.63. The van der Waals surface area contributed by atoms with Gasteiger partial charge < -0.3 is 30.9 Å². The SMILES string of the molecule is CC[C@@](NC(=O)[C@H](CCc1ccccc1)CC(=O)N(C)CCN(C)CCN(C)C)(C(N)=O)C(=O)O. The Bertz CT molecular complexity index is 832. The van der Waals surface area contributed by atoms with Crippen molar-refractivity contribution in [3.05, 3.63) is 35.9 Å². The van der Waals surface area contributed by atoms with E-state index in [1.54, 1.807) is 11.9 Å². The molecule has 0 fully saturated rings. The van der Waals surface area contributed by atoms with Gasteiger partial charge in [-0.3, -0.25) is 14.4 Å². The first-order chi connectivity index (χ1) is 16.4. The second-order valence-electron chi connectivity index (χ2n) is 9.26. The Morgan fingerprint density at radius 3 is 2.11 bits per heavy atom. The number of hydrogen-bond donors (Lipinski definition) is 3. The van der Waals surface area contributed by atoms with Crippen LogP contribution in [0.5, 0.6) is 0 Å². The Hall–Kier alpha value is -2.98. The van der Waals surface area contributed by atoms with Gasteiger partial charge in [-0.05, 0) is 46.0 Å². The van der Waals surface area contributed by atoms with Crippen molar-refractivity contribution >= 4 is 23.7 Å². The number of carbonyl (C=O) groups excluding carboxylic acids is 3. The van der Waals surface area contributed by atoms with Crippen LogP contribution in [0.25, 0.3) is 0 Å². The first-order valence-electron chi connectivity index (χ1n) is 11.9. The molecule has 0 aliphatic heterocycles. The van der Waals surface area contributed by atoms with Crippen LogP contribution in [0, 0.1) is 5.92 Å². The van der Waals surface area contributed by atoms with Crippen LogP contribution < -0.4 is 11.1 Å². The largest absolute Gasteiger partial charge is 0.479 e. The molecule has 0 bridgehead atoms. The van der Waals surface area contributed by atoms with Gasteiger partial charge in [0.25, 0.3) is 5.91 Å². The van der Waals surface area contributed by atoms with Crippen LogP contribution in [-0.2, 0) is 25.6 Å². The minimum atomic E-state index is -2.22. The van der Waals surface area contributed by atoms with Crippen molar-refractivity contribution in [3.63, 3.8) is 0 Å². The van der Waals surface area contributed by atoms with Crippen LogP contribution in [-0.4, -0.2) is 103 Å². The van der Waals surface area contributed by atoms with Crippen molar-refractivity contribution < 1.29 is 24.3 Å². The molecule has 0 unspecified atom stereocenters. The van der Waals surface area contributed by atoms with Gasteiger partial charge in [-0.1, -0.05) is 37.3 Å². The molecule has 3 amide bonds. The highest BCUT2D eigenvalue weighted by atomic mass is 16.4. The summed E-state index contributed by atoms with van der Waals surface area (Å²) in [5.41, 5.74) is 4.11. The van der Waals surface area contributed by atoms with E-state index in [9.17, 15) is 24.3 Å². The molecular weight excluding hydrogens is 450 g/mol. The summed E-state index contributed by atoms with van der Waals surface area (Å²) >= 11 is 0. The molecule has 1 aromatic rings. The molecule has 1 rings (SSSR count). The van der Waals surface area contributed by atoms with Crippen molar-refractivity contribution in [2.45, 2.75) is 38.1 Å². The van der Waals surface area contributed by atoms with Gasteiger partial charge in [0.15, 0.2) is 0 Å². The van der Waals surface area contributed by atoms with E-state index in [0.29, 0.717) is 25.9 Å². The standard InChI is InChI=1S/C25H41N5O5/c1-6-25(23(26)33,24(34)35)27-22(32)20(13-12-19-10-8-7-9-11-19)18-21(31)30(5)17-16-29(4)15-14-28(2)3/h7-11,20H,6,12-18H2,1-5H3,(H2,26,33)(H,27,32)(H,34,35)/t20-,25-/m1/s1. The van der Waals surface area contributed by atoms with Crippen LogP contribution >= 0.6 is 0 Å². The van der Waals surface area contributed by atoms with E-state index in [1.807, 2.05) is 51.5 Å². The Labute approximate surface area is 208 Å². The summed E-state index contributed by atoms with van der Waals surface area (Å²) in [5.74, 6) is -4.38. The molecule has 0 heterocycles. The normalized spacial score (nSPS) is 13.8. The van der Waals surface area contributed by atoms with Crippen molar-refractivity contribution in [2.75, 3.05) is 54.4 Å². The number of nitrogens with one attached hydrogen (secondary N) is 1. The number of hydrogen-bond acceptors (Lipinski definition) is 6. The van der Waals surface area contributed by atoms with E-state index < -0.39 is 29.2 Å². The second kappa shape index (κ2) is 14.4. The Kier molecular flexibility index (Phi) is 12.4. The zero-order chi connectivity index (χ0) is 26.6. The summed E-state index contributed by atoms with van der Waals surface area (Å²) < 4.78 is 0. The lowest BCUT2D eigenvalue weighted by atomic mass is 9.90. The fraction of sp³-hybridized carbons (Fsp3) is 0.600. The predicted molar refractivity (Wildman–Crippen MR) is 135 cm³/mol. The maximum Gasteiger partial charge on any atom is 0.339 e. The second-order valence-corrected chi connectivity index (χ2v) is 9.26. The monoisotopic (exact) mass is 491 g/mol. The van der Waals surface area contributed by atoms with E-state index in [2.05, 4.69) is 15.1 Å². The third-order valence-corrected chi connectivity index (χ3v) is 6.24. The molecule has 0 aromatic heterocycles. The van der Waals surface area contributed by atoms with E-state index in [0.717, 1.165) is 18.7 Å². The lowest BCUT2D eigenvalue weighted by molar-refractivity contribution is -0.153. The van der Waals surface area contributed by atoms with Crippen molar-refractivity contribution in [3.8, 4) is 0 Å².